The van der Waals surface area contributed by atoms with Crippen LogP contribution in [0.4, 0.5) is 0 Å². The number of benzene rings is 2. The summed E-state index contributed by atoms with van der Waals surface area (Å²) in [6, 6.07) is 19.6. The van der Waals surface area contributed by atoms with E-state index in [1.165, 1.54) is 21.2 Å². The van der Waals surface area contributed by atoms with Crippen LogP contribution < -0.4 is 9.80 Å². The van der Waals surface area contributed by atoms with Crippen LogP contribution in [0.3, 0.4) is 0 Å². The van der Waals surface area contributed by atoms with Gasteiger partial charge < -0.3 is 14.2 Å². The van der Waals surface area contributed by atoms with E-state index in [1.807, 2.05) is 17.5 Å². The number of rotatable bonds is 5. The summed E-state index contributed by atoms with van der Waals surface area (Å²) in [7, 11) is 0. The van der Waals surface area contributed by atoms with Gasteiger partial charge in [0, 0.05) is 5.56 Å². The molecule has 1 aliphatic heterocycles. The monoisotopic (exact) mass is 406 g/mol. The Morgan fingerprint density at radius 3 is 2.62 bits per heavy atom. The third-order valence-electron chi connectivity index (χ3n) is 6.08. The topological polar surface area (TPSA) is 47.8 Å². The quantitative estimate of drug-likeness (QED) is 0.533. The van der Waals surface area contributed by atoms with E-state index in [1.54, 1.807) is 16.2 Å². The number of thiophene rings is 1. The lowest BCUT2D eigenvalue weighted by Crippen LogP contribution is -3.27. The number of nitrogens with one attached hydrogen (secondary N) is 2. The number of fused-ring (bicyclic) bond motifs is 1. The Bertz CT molecular complexity index is 1080. The zero-order chi connectivity index (χ0) is 19.6. The number of aromatic nitrogens is 2. The summed E-state index contributed by atoms with van der Waals surface area (Å²) in [6.45, 7) is 7.86. The van der Waals surface area contributed by atoms with Crippen molar-refractivity contribution in [2.45, 2.75) is 19.5 Å². The third-order valence-corrected chi connectivity index (χ3v) is 6.93. The molecule has 0 spiro atoms. The molecule has 0 unspecified atom stereocenters. The molecule has 148 valence electrons. The van der Waals surface area contributed by atoms with Crippen LogP contribution in [-0.2, 0) is 6.54 Å². The number of quaternary nitrogens is 2. The zero-order valence-electron chi connectivity index (χ0n) is 16.6. The highest BCUT2D eigenvalue weighted by atomic mass is 32.1. The normalized spacial score (nSPS) is 20.7. The van der Waals surface area contributed by atoms with Gasteiger partial charge >= 0.3 is 0 Å². The molecule has 2 aromatic heterocycles. The zero-order valence-corrected chi connectivity index (χ0v) is 17.4. The molecule has 0 amide bonds. The van der Waals surface area contributed by atoms with Gasteiger partial charge in [-0.3, -0.25) is 0 Å². The average molecular weight is 407 g/mol. The molecule has 29 heavy (non-hydrogen) atoms. The van der Waals surface area contributed by atoms with Gasteiger partial charge in [-0.25, -0.2) is 0 Å². The van der Waals surface area contributed by atoms with Crippen LogP contribution in [0.2, 0.25) is 0 Å². The van der Waals surface area contributed by atoms with Gasteiger partial charge in [0.15, 0.2) is 6.04 Å². The first kappa shape index (κ1) is 18.5. The largest absolute Gasteiger partial charge is 0.414 e. The summed E-state index contributed by atoms with van der Waals surface area (Å²) in [6.07, 6.45) is 0. The summed E-state index contributed by atoms with van der Waals surface area (Å²) in [4.78, 5) is 4.23. The average Bonchev–Trinajstić information content (AvgIpc) is 3.46. The van der Waals surface area contributed by atoms with Crippen molar-refractivity contribution in [1.82, 2.24) is 10.2 Å². The Kier molecular flexibility index (Phi) is 5.14. The SMILES string of the molecule is C[C@@H](c1nnc(-c2cccs2)o1)[NH+]1CC[NH+](Cc2cccc3ccccc23)CC1. The molecule has 0 bridgehead atoms. The Labute approximate surface area is 174 Å². The van der Waals surface area contributed by atoms with Gasteiger partial charge in [0.25, 0.3) is 11.8 Å². The van der Waals surface area contributed by atoms with Gasteiger partial charge in [-0.1, -0.05) is 48.5 Å². The first-order chi connectivity index (χ1) is 14.3. The number of nitrogens with zero attached hydrogens (tertiary/aromatic N) is 2. The molecule has 0 radical (unpaired) electrons. The van der Waals surface area contributed by atoms with Crippen molar-refractivity contribution in [1.29, 1.82) is 0 Å². The highest BCUT2D eigenvalue weighted by Gasteiger charge is 2.31. The summed E-state index contributed by atoms with van der Waals surface area (Å²) in [5.41, 5.74) is 1.45. The van der Waals surface area contributed by atoms with Crippen molar-refractivity contribution in [2.24, 2.45) is 0 Å². The minimum atomic E-state index is 0.232. The van der Waals surface area contributed by atoms with Crippen molar-refractivity contribution in [3.8, 4) is 10.8 Å². The van der Waals surface area contributed by atoms with Gasteiger partial charge in [-0.15, -0.1) is 21.5 Å². The number of hydrogen-bond donors (Lipinski definition) is 2. The fourth-order valence-electron chi connectivity index (χ4n) is 4.33. The summed E-state index contributed by atoms with van der Waals surface area (Å²) in [5, 5.41) is 13.3. The minimum absolute atomic E-state index is 0.232. The molecular weight excluding hydrogens is 380 g/mol. The predicted octanol–water partition coefficient (Wildman–Crippen LogP) is 2.00. The van der Waals surface area contributed by atoms with Crippen LogP contribution in [0.5, 0.6) is 0 Å². The van der Waals surface area contributed by atoms with E-state index >= 15 is 0 Å². The summed E-state index contributed by atoms with van der Waals surface area (Å²) >= 11 is 1.63. The second-order valence-electron chi connectivity index (χ2n) is 7.87. The molecule has 1 aliphatic rings. The van der Waals surface area contributed by atoms with Gasteiger partial charge in [-0.2, -0.15) is 0 Å². The standard InChI is InChI=1S/C23H24N4OS/c1-17(22-24-25-23(28-22)21-10-5-15-29-21)27-13-11-26(12-14-27)16-19-8-4-7-18-6-2-3-9-20(18)19/h2-10,15,17H,11-14,16H2,1H3/p+2/t17-/m0/s1. The molecule has 2 aromatic carbocycles. The molecule has 1 fully saturated rings. The summed E-state index contributed by atoms with van der Waals surface area (Å²) in [5.74, 6) is 1.39. The highest BCUT2D eigenvalue weighted by molar-refractivity contribution is 7.13. The van der Waals surface area contributed by atoms with Crippen molar-refractivity contribution < 1.29 is 14.2 Å². The van der Waals surface area contributed by atoms with Gasteiger partial charge in [0.1, 0.15) is 32.7 Å². The lowest BCUT2D eigenvalue weighted by Gasteiger charge is -2.32. The first-order valence-corrected chi connectivity index (χ1v) is 11.2. The van der Waals surface area contributed by atoms with Gasteiger partial charge in [-0.05, 0) is 29.1 Å². The van der Waals surface area contributed by atoms with Crippen LogP contribution >= 0.6 is 11.3 Å². The number of piperazine rings is 1. The molecular formula is C23H26N4OS+2. The van der Waals surface area contributed by atoms with E-state index in [0.29, 0.717) is 5.89 Å². The van der Waals surface area contributed by atoms with E-state index in [4.69, 9.17) is 4.42 Å². The van der Waals surface area contributed by atoms with Crippen LogP contribution in [-0.4, -0.2) is 36.4 Å². The number of hydrogen-bond acceptors (Lipinski definition) is 4. The highest BCUT2D eigenvalue weighted by Crippen LogP contribution is 2.24. The summed E-state index contributed by atoms with van der Waals surface area (Å²) < 4.78 is 5.97. The third kappa shape index (κ3) is 3.83. The molecule has 3 heterocycles. The fraction of sp³-hybridized carbons (Fsp3) is 0.304. The Balaban J connectivity index is 1.22. The van der Waals surface area contributed by atoms with E-state index in [9.17, 15) is 0 Å². The van der Waals surface area contributed by atoms with Gasteiger partial charge in [0.05, 0.1) is 4.88 Å². The lowest BCUT2D eigenvalue weighted by atomic mass is 10.0. The van der Waals surface area contributed by atoms with E-state index in [0.717, 1.165) is 43.5 Å². The van der Waals surface area contributed by atoms with Crippen LogP contribution in [0, 0.1) is 0 Å². The fourth-order valence-corrected chi connectivity index (χ4v) is 4.98. The molecule has 0 aliphatic carbocycles. The van der Waals surface area contributed by atoms with Gasteiger partial charge in [0.2, 0.25) is 0 Å². The Morgan fingerprint density at radius 1 is 0.966 bits per heavy atom. The maximum Gasteiger partial charge on any atom is 0.274 e. The van der Waals surface area contributed by atoms with Crippen molar-refractivity contribution in [3.05, 3.63) is 71.4 Å². The van der Waals surface area contributed by atoms with Crippen LogP contribution in [0.25, 0.3) is 21.5 Å². The van der Waals surface area contributed by atoms with Crippen LogP contribution in [0.1, 0.15) is 24.4 Å². The Hall–Kier alpha value is -2.54. The molecule has 5 rings (SSSR count). The molecule has 1 saturated heterocycles. The maximum absolute atomic E-state index is 5.97. The van der Waals surface area contributed by atoms with Crippen molar-refractivity contribution in [3.63, 3.8) is 0 Å². The van der Waals surface area contributed by atoms with Crippen LogP contribution in [0.15, 0.2) is 64.4 Å². The molecule has 1 atom stereocenters. The van der Waals surface area contributed by atoms with E-state index in [-0.39, 0.29) is 6.04 Å². The minimum Gasteiger partial charge on any atom is -0.414 e. The molecule has 6 heteroatoms. The first-order valence-electron chi connectivity index (χ1n) is 10.3. The Morgan fingerprint density at radius 2 is 1.79 bits per heavy atom. The van der Waals surface area contributed by atoms with E-state index in [2.05, 4.69) is 59.6 Å². The smallest absolute Gasteiger partial charge is 0.274 e. The lowest BCUT2D eigenvalue weighted by molar-refractivity contribution is -1.03. The van der Waals surface area contributed by atoms with Crippen molar-refractivity contribution in [2.75, 3.05) is 26.2 Å². The van der Waals surface area contributed by atoms with Crippen molar-refractivity contribution >= 4 is 22.1 Å². The molecule has 0 saturated carbocycles. The second-order valence-corrected chi connectivity index (χ2v) is 8.82. The molecule has 5 nitrogen and oxygen atoms in total. The second kappa shape index (κ2) is 8.06. The predicted molar refractivity (Wildman–Crippen MR) is 115 cm³/mol. The van der Waals surface area contributed by atoms with E-state index < -0.39 is 0 Å². The molecule has 4 aromatic rings. The maximum atomic E-state index is 5.97. The molecule has 2 N–H and O–H groups in total.